The van der Waals surface area contributed by atoms with E-state index in [-0.39, 0.29) is 6.04 Å². The Hall–Kier alpha value is -2.56. The highest BCUT2D eigenvalue weighted by Gasteiger charge is 2.24. The summed E-state index contributed by atoms with van der Waals surface area (Å²) in [6.07, 6.45) is 1.96. The number of rotatable bonds is 2. The van der Waals surface area contributed by atoms with Crippen LogP contribution in [0.3, 0.4) is 0 Å². The van der Waals surface area contributed by atoms with Crippen LogP contribution in [0.1, 0.15) is 17.2 Å². The van der Waals surface area contributed by atoms with Gasteiger partial charge in [-0.25, -0.2) is 4.52 Å². The maximum atomic E-state index is 5.65. The van der Waals surface area contributed by atoms with Crippen LogP contribution >= 0.6 is 0 Å². The molecule has 5 nitrogen and oxygen atoms in total. The molecule has 1 N–H and O–H groups in total. The van der Waals surface area contributed by atoms with E-state index in [0.29, 0.717) is 12.6 Å². The van der Waals surface area contributed by atoms with Gasteiger partial charge in [0.05, 0.1) is 6.04 Å². The average Bonchev–Trinajstić information content (AvgIpc) is 3.03. The number of aromatic nitrogens is 3. The standard InChI is InChI=1S/C15H14N4O/c1-10-6-7-14-17-15(18-19(14)8-10)16-12-9-20-13-5-3-2-4-11(12)13/h2-8,12H,9H2,1H3,(H,16,18). The number of nitrogens with one attached hydrogen (secondary N) is 1. The van der Waals surface area contributed by atoms with E-state index in [4.69, 9.17) is 4.74 Å². The van der Waals surface area contributed by atoms with Crippen LogP contribution in [-0.4, -0.2) is 21.2 Å². The number of hydrogen-bond acceptors (Lipinski definition) is 4. The molecule has 3 aromatic rings. The van der Waals surface area contributed by atoms with Crippen molar-refractivity contribution in [2.75, 3.05) is 11.9 Å². The van der Waals surface area contributed by atoms with Gasteiger partial charge in [0.15, 0.2) is 5.65 Å². The first-order chi connectivity index (χ1) is 9.79. The summed E-state index contributed by atoms with van der Waals surface area (Å²) in [6.45, 7) is 2.64. The molecule has 1 atom stereocenters. The van der Waals surface area contributed by atoms with Gasteiger partial charge in [-0.3, -0.25) is 0 Å². The van der Waals surface area contributed by atoms with Crippen molar-refractivity contribution in [3.05, 3.63) is 53.7 Å². The van der Waals surface area contributed by atoms with Crippen molar-refractivity contribution in [2.24, 2.45) is 0 Å². The van der Waals surface area contributed by atoms with Crippen molar-refractivity contribution < 1.29 is 4.74 Å². The maximum absolute atomic E-state index is 5.65. The van der Waals surface area contributed by atoms with E-state index >= 15 is 0 Å². The molecule has 1 aliphatic heterocycles. The molecule has 0 radical (unpaired) electrons. The number of para-hydroxylation sites is 1. The minimum atomic E-state index is 0.102. The molecule has 2 aromatic heterocycles. The van der Waals surface area contributed by atoms with E-state index < -0.39 is 0 Å². The lowest BCUT2D eigenvalue weighted by Gasteiger charge is -2.08. The van der Waals surface area contributed by atoms with E-state index in [9.17, 15) is 0 Å². The molecule has 3 heterocycles. The molecule has 1 unspecified atom stereocenters. The predicted octanol–water partition coefficient (Wildman–Crippen LogP) is 2.58. The fourth-order valence-electron chi connectivity index (χ4n) is 2.49. The lowest BCUT2D eigenvalue weighted by molar-refractivity contribution is 0.339. The first kappa shape index (κ1) is 11.3. The molecule has 0 spiro atoms. The van der Waals surface area contributed by atoms with Gasteiger partial charge in [-0.2, -0.15) is 4.98 Å². The molecule has 100 valence electrons. The summed E-state index contributed by atoms with van der Waals surface area (Å²) >= 11 is 0. The number of benzene rings is 1. The van der Waals surface area contributed by atoms with Crippen LogP contribution in [0.2, 0.25) is 0 Å². The first-order valence-electron chi connectivity index (χ1n) is 6.61. The van der Waals surface area contributed by atoms with Gasteiger partial charge in [-0.1, -0.05) is 24.3 Å². The fourth-order valence-corrected chi connectivity index (χ4v) is 2.49. The van der Waals surface area contributed by atoms with Crippen molar-refractivity contribution in [1.29, 1.82) is 0 Å². The van der Waals surface area contributed by atoms with Crippen LogP contribution in [-0.2, 0) is 0 Å². The van der Waals surface area contributed by atoms with E-state index in [1.54, 1.807) is 4.52 Å². The molecule has 0 amide bonds. The van der Waals surface area contributed by atoms with Gasteiger partial charge in [0.1, 0.15) is 12.4 Å². The normalized spacial score (nSPS) is 16.9. The second kappa shape index (κ2) is 4.23. The van der Waals surface area contributed by atoms with Crippen LogP contribution in [0.15, 0.2) is 42.6 Å². The van der Waals surface area contributed by atoms with Crippen molar-refractivity contribution in [2.45, 2.75) is 13.0 Å². The SMILES string of the molecule is Cc1ccc2nc(NC3COc4ccccc43)nn2c1. The minimum Gasteiger partial charge on any atom is -0.491 e. The summed E-state index contributed by atoms with van der Waals surface area (Å²) in [4.78, 5) is 4.48. The summed E-state index contributed by atoms with van der Waals surface area (Å²) in [6, 6.07) is 12.1. The van der Waals surface area contributed by atoms with Gasteiger partial charge >= 0.3 is 0 Å². The Balaban J connectivity index is 1.65. The van der Waals surface area contributed by atoms with Crippen molar-refractivity contribution in [1.82, 2.24) is 14.6 Å². The second-order valence-electron chi connectivity index (χ2n) is 4.99. The minimum absolute atomic E-state index is 0.102. The van der Waals surface area contributed by atoms with Crippen LogP contribution < -0.4 is 10.1 Å². The summed E-state index contributed by atoms with van der Waals surface area (Å²) in [5.74, 6) is 1.56. The third-order valence-electron chi connectivity index (χ3n) is 3.48. The van der Waals surface area contributed by atoms with E-state index in [1.165, 1.54) is 0 Å². The number of aryl methyl sites for hydroxylation is 1. The fraction of sp³-hybridized carbons (Fsp3) is 0.200. The molecule has 0 aliphatic carbocycles. The Bertz CT molecular complexity index is 780. The predicted molar refractivity (Wildman–Crippen MR) is 76.0 cm³/mol. The van der Waals surface area contributed by atoms with Gasteiger partial charge in [-0.15, -0.1) is 5.10 Å². The van der Waals surface area contributed by atoms with Crippen molar-refractivity contribution >= 4 is 11.6 Å². The highest BCUT2D eigenvalue weighted by molar-refractivity contribution is 5.48. The zero-order valence-electron chi connectivity index (χ0n) is 11.1. The van der Waals surface area contributed by atoms with E-state index in [1.807, 2.05) is 43.5 Å². The van der Waals surface area contributed by atoms with Gasteiger partial charge in [-0.05, 0) is 24.6 Å². The monoisotopic (exact) mass is 266 g/mol. The molecular formula is C15H14N4O. The smallest absolute Gasteiger partial charge is 0.243 e. The Labute approximate surface area is 116 Å². The number of fused-ring (bicyclic) bond motifs is 2. The Morgan fingerprint density at radius 1 is 1.25 bits per heavy atom. The Morgan fingerprint density at radius 3 is 3.10 bits per heavy atom. The second-order valence-corrected chi connectivity index (χ2v) is 4.99. The maximum Gasteiger partial charge on any atom is 0.243 e. The van der Waals surface area contributed by atoms with Crippen LogP contribution in [0.4, 0.5) is 5.95 Å². The van der Waals surface area contributed by atoms with Gasteiger partial charge in [0.25, 0.3) is 0 Å². The molecule has 1 aromatic carbocycles. The number of nitrogens with zero attached hydrogens (tertiary/aromatic N) is 3. The van der Waals surface area contributed by atoms with Crippen LogP contribution in [0, 0.1) is 6.92 Å². The molecule has 4 rings (SSSR count). The molecule has 0 saturated heterocycles. The third-order valence-corrected chi connectivity index (χ3v) is 3.48. The molecular weight excluding hydrogens is 252 g/mol. The quantitative estimate of drug-likeness (QED) is 0.774. The lowest BCUT2D eigenvalue weighted by Crippen LogP contribution is -2.13. The van der Waals surface area contributed by atoms with Crippen LogP contribution in [0.5, 0.6) is 5.75 Å². The third kappa shape index (κ3) is 1.79. The van der Waals surface area contributed by atoms with Gasteiger partial charge in [0.2, 0.25) is 5.95 Å². The molecule has 20 heavy (non-hydrogen) atoms. The molecule has 0 fully saturated rings. The Kier molecular flexibility index (Phi) is 2.39. The van der Waals surface area contributed by atoms with E-state index in [0.717, 1.165) is 22.5 Å². The summed E-state index contributed by atoms with van der Waals surface area (Å²) < 4.78 is 7.44. The average molecular weight is 266 g/mol. The largest absolute Gasteiger partial charge is 0.491 e. The lowest BCUT2D eigenvalue weighted by atomic mass is 10.1. The summed E-state index contributed by atoms with van der Waals surface area (Å²) in [7, 11) is 0. The van der Waals surface area contributed by atoms with Gasteiger partial charge < -0.3 is 10.1 Å². The Morgan fingerprint density at radius 2 is 2.15 bits per heavy atom. The van der Waals surface area contributed by atoms with Gasteiger partial charge in [0, 0.05) is 11.8 Å². The first-order valence-corrected chi connectivity index (χ1v) is 6.61. The van der Waals surface area contributed by atoms with Crippen LogP contribution in [0.25, 0.3) is 5.65 Å². The number of hydrogen-bond donors (Lipinski definition) is 1. The zero-order chi connectivity index (χ0) is 13.5. The molecule has 0 saturated carbocycles. The topological polar surface area (TPSA) is 51.5 Å². The molecule has 5 heteroatoms. The number of ether oxygens (including phenoxy) is 1. The van der Waals surface area contributed by atoms with Crippen molar-refractivity contribution in [3.8, 4) is 5.75 Å². The highest BCUT2D eigenvalue weighted by atomic mass is 16.5. The molecule has 1 aliphatic rings. The van der Waals surface area contributed by atoms with E-state index in [2.05, 4.69) is 21.5 Å². The number of anilines is 1. The highest BCUT2D eigenvalue weighted by Crippen LogP contribution is 2.33. The summed E-state index contributed by atoms with van der Waals surface area (Å²) in [5.41, 5.74) is 3.15. The number of pyridine rings is 1. The summed E-state index contributed by atoms with van der Waals surface area (Å²) in [5, 5.41) is 7.79. The van der Waals surface area contributed by atoms with Crippen molar-refractivity contribution in [3.63, 3.8) is 0 Å². The zero-order valence-corrected chi connectivity index (χ0v) is 11.1. The molecule has 0 bridgehead atoms.